The lowest BCUT2D eigenvalue weighted by molar-refractivity contribution is -0.129. The quantitative estimate of drug-likeness (QED) is 0.744. The Kier molecular flexibility index (Phi) is 4.22. The molecule has 0 spiro atoms. The summed E-state index contributed by atoms with van der Waals surface area (Å²) < 4.78 is 6.97. The summed E-state index contributed by atoms with van der Waals surface area (Å²) in [5, 5.41) is 3.79. The first-order chi connectivity index (χ1) is 11.0. The Balaban J connectivity index is 1.72. The van der Waals surface area contributed by atoms with E-state index in [-0.39, 0.29) is 11.3 Å². The van der Waals surface area contributed by atoms with Gasteiger partial charge in [-0.05, 0) is 30.7 Å². The normalized spacial score (nSPS) is 11.8. The molecule has 0 saturated carbocycles. The minimum atomic E-state index is -0.359. The van der Waals surface area contributed by atoms with E-state index in [1.165, 1.54) is 0 Å². The van der Waals surface area contributed by atoms with Crippen LogP contribution in [0, 0.1) is 5.41 Å². The van der Waals surface area contributed by atoms with E-state index in [0.717, 1.165) is 33.2 Å². The highest BCUT2D eigenvalue weighted by Crippen LogP contribution is 2.31. The van der Waals surface area contributed by atoms with Crippen LogP contribution in [-0.4, -0.2) is 10.9 Å². The van der Waals surface area contributed by atoms with Gasteiger partial charge in [-0.2, -0.15) is 0 Å². The van der Waals surface area contributed by atoms with E-state index in [2.05, 4.69) is 10.3 Å². The molecule has 0 bridgehead atoms. The van der Waals surface area contributed by atoms with Crippen LogP contribution in [0.15, 0.2) is 40.8 Å². The van der Waals surface area contributed by atoms with Gasteiger partial charge >= 0.3 is 0 Å². The Bertz CT molecular complexity index is 799. The van der Waals surface area contributed by atoms with Gasteiger partial charge in [0.05, 0.1) is 16.8 Å². The average molecular weight is 328 g/mol. The average Bonchev–Trinajstić information content (AvgIpc) is 3.18. The van der Waals surface area contributed by atoms with E-state index in [4.69, 9.17) is 4.42 Å². The largest absolute Gasteiger partial charge is 0.457 e. The van der Waals surface area contributed by atoms with Gasteiger partial charge in [-0.25, -0.2) is 4.98 Å². The zero-order valence-electron chi connectivity index (χ0n) is 13.6. The minimum absolute atomic E-state index is 0.0398. The fraction of sp³-hybridized carbons (Fsp3) is 0.333. The molecule has 1 amide bonds. The first-order valence-electron chi connectivity index (χ1n) is 7.72. The summed E-state index contributed by atoms with van der Waals surface area (Å²) in [5.74, 6) is 1.52. The number of para-hydroxylation sites is 1. The number of nitrogens with zero attached hydrogens (tertiary/aromatic N) is 1. The lowest BCUT2D eigenvalue weighted by Crippen LogP contribution is -2.35. The highest BCUT2D eigenvalue weighted by atomic mass is 32.1. The van der Waals surface area contributed by atoms with Crippen LogP contribution < -0.4 is 5.32 Å². The highest BCUT2D eigenvalue weighted by Gasteiger charge is 2.25. The molecule has 0 radical (unpaired) electrons. The molecular formula is C18H20N2O2S. The lowest BCUT2D eigenvalue weighted by Gasteiger charge is -2.20. The van der Waals surface area contributed by atoms with Crippen LogP contribution in [0.2, 0.25) is 0 Å². The number of furan rings is 1. The second-order valence-electron chi connectivity index (χ2n) is 6.17. The third-order valence-electron chi connectivity index (χ3n) is 4.09. The standard InChI is InChI=1S/C18H20N2O2S/c1-4-18(2,3)17(21)19-11-12-9-10-14(22-12)16-20-13-7-5-6-8-15(13)23-16/h5-10H,4,11H2,1-3H3,(H,19,21). The Morgan fingerprint density at radius 3 is 2.78 bits per heavy atom. The fourth-order valence-electron chi connectivity index (χ4n) is 2.13. The van der Waals surface area contributed by atoms with Gasteiger partial charge in [0.1, 0.15) is 5.76 Å². The smallest absolute Gasteiger partial charge is 0.226 e. The molecule has 0 aliphatic carbocycles. The molecule has 3 rings (SSSR count). The van der Waals surface area contributed by atoms with Crippen LogP contribution in [0.3, 0.4) is 0 Å². The number of hydrogen-bond acceptors (Lipinski definition) is 4. The number of hydrogen-bond donors (Lipinski definition) is 1. The summed E-state index contributed by atoms with van der Waals surface area (Å²) in [5.41, 5.74) is 0.617. The Morgan fingerprint density at radius 1 is 1.26 bits per heavy atom. The number of benzene rings is 1. The van der Waals surface area contributed by atoms with Gasteiger partial charge in [-0.15, -0.1) is 11.3 Å². The molecule has 4 nitrogen and oxygen atoms in total. The van der Waals surface area contributed by atoms with E-state index in [9.17, 15) is 4.79 Å². The van der Waals surface area contributed by atoms with Crippen LogP contribution in [-0.2, 0) is 11.3 Å². The highest BCUT2D eigenvalue weighted by molar-refractivity contribution is 7.21. The number of amides is 1. The van der Waals surface area contributed by atoms with Crippen molar-refractivity contribution in [2.24, 2.45) is 5.41 Å². The maximum absolute atomic E-state index is 12.1. The van der Waals surface area contributed by atoms with Crippen LogP contribution >= 0.6 is 11.3 Å². The van der Waals surface area contributed by atoms with Crippen LogP contribution in [0.4, 0.5) is 0 Å². The number of thiazole rings is 1. The van der Waals surface area contributed by atoms with E-state index < -0.39 is 0 Å². The molecule has 0 unspecified atom stereocenters. The molecule has 1 N–H and O–H groups in total. The third kappa shape index (κ3) is 3.29. The monoisotopic (exact) mass is 328 g/mol. The zero-order chi connectivity index (χ0) is 16.4. The topological polar surface area (TPSA) is 55.1 Å². The van der Waals surface area contributed by atoms with Crippen LogP contribution in [0.25, 0.3) is 21.0 Å². The van der Waals surface area contributed by atoms with Crippen molar-refractivity contribution >= 4 is 27.5 Å². The maximum atomic E-state index is 12.1. The molecule has 0 aliphatic heterocycles. The van der Waals surface area contributed by atoms with Crippen molar-refractivity contribution < 1.29 is 9.21 Å². The SMILES string of the molecule is CCC(C)(C)C(=O)NCc1ccc(-c2nc3ccccc3s2)o1. The predicted molar refractivity (Wildman–Crippen MR) is 93.2 cm³/mol. The number of nitrogens with one attached hydrogen (secondary N) is 1. The van der Waals surface area contributed by atoms with Crippen LogP contribution in [0.5, 0.6) is 0 Å². The molecule has 2 aromatic heterocycles. The van der Waals surface area contributed by atoms with Crippen molar-refractivity contribution in [2.75, 3.05) is 0 Å². The molecule has 0 aliphatic rings. The first kappa shape index (κ1) is 15.7. The number of carbonyl (C=O) groups is 1. The Labute approximate surface area is 139 Å². The summed E-state index contributed by atoms with van der Waals surface area (Å²) in [6, 6.07) is 11.8. The molecule has 0 saturated heterocycles. The van der Waals surface area contributed by atoms with E-state index in [0.29, 0.717) is 6.54 Å². The molecule has 1 aromatic carbocycles. The second-order valence-corrected chi connectivity index (χ2v) is 7.20. The first-order valence-corrected chi connectivity index (χ1v) is 8.54. The van der Waals surface area contributed by atoms with Gasteiger partial charge in [0.15, 0.2) is 10.8 Å². The van der Waals surface area contributed by atoms with Gasteiger partial charge in [0.2, 0.25) is 5.91 Å². The van der Waals surface area contributed by atoms with Crippen molar-refractivity contribution in [2.45, 2.75) is 33.7 Å². The molecule has 5 heteroatoms. The van der Waals surface area contributed by atoms with Gasteiger partial charge in [-0.3, -0.25) is 4.79 Å². The minimum Gasteiger partial charge on any atom is -0.457 e. The molecule has 0 atom stereocenters. The van der Waals surface area contributed by atoms with Gasteiger partial charge < -0.3 is 9.73 Å². The van der Waals surface area contributed by atoms with Crippen LogP contribution in [0.1, 0.15) is 33.0 Å². The van der Waals surface area contributed by atoms with E-state index in [1.807, 2.05) is 57.2 Å². The number of rotatable bonds is 5. The van der Waals surface area contributed by atoms with E-state index in [1.54, 1.807) is 11.3 Å². The maximum Gasteiger partial charge on any atom is 0.226 e. The molecule has 23 heavy (non-hydrogen) atoms. The number of fused-ring (bicyclic) bond motifs is 1. The fourth-order valence-corrected chi connectivity index (χ4v) is 3.06. The summed E-state index contributed by atoms with van der Waals surface area (Å²) in [6.07, 6.45) is 0.800. The van der Waals surface area contributed by atoms with Gasteiger partial charge in [0.25, 0.3) is 0 Å². The second kappa shape index (κ2) is 6.16. The molecule has 0 fully saturated rings. The number of carbonyl (C=O) groups excluding carboxylic acids is 1. The van der Waals surface area contributed by atoms with Gasteiger partial charge in [0, 0.05) is 5.41 Å². The molecule has 120 valence electrons. The summed E-state index contributed by atoms with van der Waals surface area (Å²) >= 11 is 1.60. The zero-order valence-corrected chi connectivity index (χ0v) is 14.4. The van der Waals surface area contributed by atoms with Crippen molar-refractivity contribution in [3.05, 3.63) is 42.2 Å². The summed E-state index contributed by atoms with van der Waals surface area (Å²) in [6.45, 7) is 6.29. The third-order valence-corrected chi connectivity index (χ3v) is 5.14. The predicted octanol–water partition coefficient (Wildman–Crippen LogP) is 4.61. The van der Waals surface area contributed by atoms with Crippen molar-refractivity contribution in [3.63, 3.8) is 0 Å². The molecule has 2 heterocycles. The molecular weight excluding hydrogens is 308 g/mol. The van der Waals surface area contributed by atoms with Gasteiger partial charge in [-0.1, -0.05) is 32.9 Å². The van der Waals surface area contributed by atoms with E-state index >= 15 is 0 Å². The summed E-state index contributed by atoms with van der Waals surface area (Å²) in [4.78, 5) is 16.7. The lowest BCUT2D eigenvalue weighted by atomic mass is 9.89. The van der Waals surface area contributed by atoms with Crippen molar-refractivity contribution in [1.29, 1.82) is 0 Å². The summed E-state index contributed by atoms with van der Waals surface area (Å²) in [7, 11) is 0. The number of aromatic nitrogens is 1. The molecule has 3 aromatic rings. The Morgan fingerprint density at radius 2 is 2.04 bits per heavy atom. The van der Waals surface area contributed by atoms with Crippen molar-refractivity contribution in [1.82, 2.24) is 10.3 Å². The van der Waals surface area contributed by atoms with Crippen molar-refractivity contribution in [3.8, 4) is 10.8 Å². The Hall–Kier alpha value is -2.14.